The number of aromatic nitrogens is 3. The van der Waals surface area contributed by atoms with Crippen molar-refractivity contribution in [3.63, 3.8) is 0 Å². The molecule has 1 aromatic carbocycles. The van der Waals surface area contributed by atoms with Gasteiger partial charge < -0.3 is 4.90 Å². The Bertz CT molecular complexity index is 1010. The normalized spacial score (nSPS) is 13.5. The quantitative estimate of drug-likeness (QED) is 0.662. The van der Waals surface area contributed by atoms with Gasteiger partial charge in [-0.2, -0.15) is 5.10 Å². The van der Waals surface area contributed by atoms with Gasteiger partial charge in [-0.3, -0.25) is 4.79 Å². The zero-order valence-electron chi connectivity index (χ0n) is 14.8. The van der Waals surface area contributed by atoms with Crippen molar-refractivity contribution in [3.8, 4) is 0 Å². The van der Waals surface area contributed by atoms with Crippen molar-refractivity contribution in [2.75, 3.05) is 6.26 Å². The Morgan fingerprint density at radius 3 is 2.68 bits per heavy atom. The van der Waals surface area contributed by atoms with Gasteiger partial charge >= 0.3 is 0 Å². The molecule has 1 aliphatic rings. The molecule has 25 heavy (non-hydrogen) atoms. The summed E-state index contributed by atoms with van der Waals surface area (Å²) in [5.41, 5.74) is 6.96. The smallest absolute Gasteiger partial charge is 0.255 e. The molecule has 3 heterocycles. The van der Waals surface area contributed by atoms with Crippen LogP contribution in [0.4, 0.5) is 0 Å². The average Bonchev–Trinajstić information content (AvgIpc) is 3.18. The molecular weight excluding hydrogens is 332 g/mol. The summed E-state index contributed by atoms with van der Waals surface area (Å²) in [7, 11) is 0. The van der Waals surface area contributed by atoms with Crippen molar-refractivity contribution in [2.24, 2.45) is 0 Å². The second-order valence-electron chi connectivity index (χ2n) is 6.43. The zero-order valence-corrected chi connectivity index (χ0v) is 15.6. The van der Waals surface area contributed by atoms with Crippen LogP contribution in [-0.4, -0.2) is 31.7 Å². The lowest BCUT2D eigenvalue weighted by Gasteiger charge is -2.17. The van der Waals surface area contributed by atoms with Gasteiger partial charge in [-0.15, -0.1) is 11.8 Å². The largest absolute Gasteiger partial charge is 0.328 e. The first-order valence-corrected chi connectivity index (χ1v) is 9.50. The van der Waals surface area contributed by atoms with E-state index >= 15 is 0 Å². The van der Waals surface area contributed by atoms with Crippen LogP contribution in [0.1, 0.15) is 38.6 Å². The molecule has 0 spiro atoms. The number of carbonyl (C=O) groups is 1. The molecule has 0 saturated carbocycles. The summed E-state index contributed by atoms with van der Waals surface area (Å²) in [4.78, 5) is 20.6. The maximum absolute atomic E-state index is 13.0. The van der Waals surface area contributed by atoms with E-state index in [1.807, 2.05) is 46.9 Å². The third kappa shape index (κ3) is 2.43. The molecule has 5 nitrogen and oxygen atoms in total. The summed E-state index contributed by atoms with van der Waals surface area (Å²) in [5, 5.41) is 4.72. The molecular formula is C19H20N4OS. The van der Waals surface area contributed by atoms with E-state index in [9.17, 15) is 4.79 Å². The lowest BCUT2D eigenvalue weighted by molar-refractivity contribution is 0.0746. The number of amides is 1. The number of hydrogen-bond donors (Lipinski definition) is 0. The molecule has 0 fully saturated rings. The van der Waals surface area contributed by atoms with E-state index in [1.54, 1.807) is 11.8 Å². The van der Waals surface area contributed by atoms with Gasteiger partial charge in [0, 0.05) is 21.8 Å². The van der Waals surface area contributed by atoms with E-state index < -0.39 is 0 Å². The van der Waals surface area contributed by atoms with Crippen LogP contribution in [0.3, 0.4) is 0 Å². The first-order chi connectivity index (χ1) is 12.0. The number of nitrogens with zero attached hydrogens (tertiary/aromatic N) is 4. The highest BCUT2D eigenvalue weighted by molar-refractivity contribution is 7.98. The molecule has 128 valence electrons. The lowest BCUT2D eigenvalue weighted by atomic mass is 10.2. The van der Waals surface area contributed by atoms with E-state index in [4.69, 9.17) is 10.1 Å². The Morgan fingerprint density at radius 2 is 1.92 bits per heavy atom. The van der Waals surface area contributed by atoms with Crippen molar-refractivity contribution in [2.45, 2.75) is 38.8 Å². The minimum Gasteiger partial charge on any atom is -0.328 e. The predicted molar refractivity (Wildman–Crippen MR) is 99.0 cm³/mol. The highest BCUT2D eigenvalue weighted by atomic mass is 32.2. The van der Waals surface area contributed by atoms with Gasteiger partial charge in [0.1, 0.15) is 0 Å². The summed E-state index contributed by atoms with van der Waals surface area (Å²) in [6.45, 7) is 7.26. The Kier molecular flexibility index (Phi) is 3.80. The fourth-order valence-electron chi connectivity index (χ4n) is 3.35. The average molecular weight is 352 g/mol. The minimum absolute atomic E-state index is 0.0571. The highest BCUT2D eigenvalue weighted by Crippen LogP contribution is 2.30. The van der Waals surface area contributed by atoms with Gasteiger partial charge in [0.15, 0.2) is 5.65 Å². The first-order valence-electron chi connectivity index (χ1n) is 8.28. The zero-order chi connectivity index (χ0) is 17.7. The van der Waals surface area contributed by atoms with Crippen LogP contribution in [0.15, 0.2) is 29.2 Å². The Labute approximate surface area is 151 Å². The van der Waals surface area contributed by atoms with Crippen molar-refractivity contribution < 1.29 is 4.79 Å². The van der Waals surface area contributed by atoms with Crippen LogP contribution < -0.4 is 0 Å². The Hall–Kier alpha value is -2.34. The van der Waals surface area contributed by atoms with Crippen LogP contribution in [-0.2, 0) is 13.1 Å². The molecule has 0 atom stereocenters. The Balaban J connectivity index is 1.71. The van der Waals surface area contributed by atoms with E-state index in [-0.39, 0.29) is 5.91 Å². The van der Waals surface area contributed by atoms with Crippen LogP contribution in [0, 0.1) is 20.8 Å². The topological polar surface area (TPSA) is 50.5 Å². The van der Waals surface area contributed by atoms with Crippen LogP contribution in [0.25, 0.3) is 5.65 Å². The molecule has 1 amide bonds. The molecule has 0 radical (unpaired) electrons. The summed E-state index contributed by atoms with van der Waals surface area (Å²) >= 11 is 1.60. The van der Waals surface area contributed by atoms with Crippen molar-refractivity contribution in [1.82, 2.24) is 19.5 Å². The number of rotatable bonds is 2. The maximum Gasteiger partial charge on any atom is 0.255 e. The molecule has 0 bridgehead atoms. The SMILES string of the molecule is CSc1ccccc1C(=O)N1Cc2nn3c(C)c(C)c(C)nc3c2C1. The fraction of sp³-hybridized carbons (Fsp3) is 0.316. The first kappa shape index (κ1) is 16.1. The van der Waals surface area contributed by atoms with E-state index in [0.717, 1.165) is 44.3 Å². The van der Waals surface area contributed by atoms with Gasteiger partial charge in [-0.25, -0.2) is 9.50 Å². The van der Waals surface area contributed by atoms with Crippen LogP contribution >= 0.6 is 11.8 Å². The van der Waals surface area contributed by atoms with Gasteiger partial charge in [-0.05, 0) is 44.7 Å². The van der Waals surface area contributed by atoms with Crippen LogP contribution in [0.2, 0.25) is 0 Å². The summed E-state index contributed by atoms with van der Waals surface area (Å²) in [6, 6.07) is 7.76. The Morgan fingerprint density at radius 1 is 1.16 bits per heavy atom. The number of carbonyl (C=O) groups excluding carboxylic acids is 1. The van der Waals surface area contributed by atoms with E-state index in [1.165, 1.54) is 0 Å². The molecule has 0 N–H and O–H groups in total. The number of aryl methyl sites for hydroxylation is 2. The summed E-state index contributed by atoms with van der Waals surface area (Å²) in [6.07, 6.45) is 1.99. The van der Waals surface area contributed by atoms with Gasteiger partial charge in [0.2, 0.25) is 0 Å². The van der Waals surface area contributed by atoms with Gasteiger partial charge in [-0.1, -0.05) is 12.1 Å². The molecule has 6 heteroatoms. The van der Waals surface area contributed by atoms with Crippen molar-refractivity contribution >= 4 is 23.3 Å². The standard InChI is InChI=1S/C19H20N4OS/c1-11-12(2)20-18-15-9-22(10-16(15)21-23(18)13(11)3)19(24)14-7-5-6-8-17(14)25-4/h5-8H,9-10H2,1-4H3. The fourth-order valence-corrected chi connectivity index (χ4v) is 3.94. The minimum atomic E-state index is 0.0571. The van der Waals surface area contributed by atoms with E-state index in [0.29, 0.717) is 13.1 Å². The molecule has 1 aliphatic heterocycles. The van der Waals surface area contributed by atoms with Crippen molar-refractivity contribution in [3.05, 3.63) is 58.0 Å². The van der Waals surface area contributed by atoms with Gasteiger partial charge in [0.05, 0.1) is 24.3 Å². The second kappa shape index (κ2) is 5.88. The molecule has 4 rings (SSSR count). The van der Waals surface area contributed by atoms with Crippen LogP contribution in [0.5, 0.6) is 0 Å². The molecule has 0 aliphatic carbocycles. The summed E-state index contributed by atoms with van der Waals surface area (Å²) < 4.78 is 1.92. The third-order valence-electron chi connectivity index (χ3n) is 5.03. The summed E-state index contributed by atoms with van der Waals surface area (Å²) in [5.74, 6) is 0.0571. The number of thioether (sulfide) groups is 1. The van der Waals surface area contributed by atoms with Gasteiger partial charge in [0.25, 0.3) is 5.91 Å². The van der Waals surface area contributed by atoms with E-state index in [2.05, 4.69) is 13.8 Å². The third-order valence-corrected chi connectivity index (χ3v) is 5.83. The lowest BCUT2D eigenvalue weighted by Crippen LogP contribution is -2.26. The predicted octanol–water partition coefficient (Wildman–Crippen LogP) is 3.53. The van der Waals surface area contributed by atoms with Crippen molar-refractivity contribution in [1.29, 1.82) is 0 Å². The number of fused-ring (bicyclic) bond motifs is 3. The molecule has 2 aromatic heterocycles. The second-order valence-corrected chi connectivity index (χ2v) is 7.28. The molecule has 3 aromatic rings. The molecule has 0 saturated heterocycles. The monoisotopic (exact) mass is 352 g/mol. The number of benzene rings is 1. The maximum atomic E-state index is 13.0. The highest BCUT2D eigenvalue weighted by Gasteiger charge is 2.30. The number of hydrogen-bond acceptors (Lipinski definition) is 4. The molecule has 0 unspecified atom stereocenters.